The third-order valence-corrected chi connectivity index (χ3v) is 4.23. The Morgan fingerprint density at radius 1 is 1.47 bits per heavy atom. The molecule has 2 rings (SSSR count). The lowest BCUT2D eigenvalue weighted by molar-refractivity contribution is 0.0905. The first kappa shape index (κ1) is 12.5. The number of hydrogen-bond donors (Lipinski definition) is 1. The lowest BCUT2D eigenvalue weighted by Gasteiger charge is -2.27. The van der Waals surface area contributed by atoms with Crippen molar-refractivity contribution < 1.29 is 9.18 Å². The Hall–Kier alpha value is -0.970. The lowest BCUT2D eigenvalue weighted by atomic mass is 10.0. The van der Waals surface area contributed by atoms with E-state index in [0.717, 1.165) is 37.2 Å². The smallest absolute Gasteiger partial charge is 0.270 e. The second-order valence-electron chi connectivity index (χ2n) is 4.44. The van der Waals surface area contributed by atoms with Crippen LogP contribution in [-0.2, 0) is 0 Å². The van der Waals surface area contributed by atoms with Crippen LogP contribution in [0.1, 0.15) is 36.2 Å². The summed E-state index contributed by atoms with van der Waals surface area (Å²) in [5.41, 5.74) is 0.103. The molecule has 0 aliphatic heterocycles. The highest BCUT2D eigenvalue weighted by Crippen LogP contribution is 2.31. The second kappa shape index (κ2) is 5.12. The maximum absolute atomic E-state index is 12.7. The summed E-state index contributed by atoms with van der Waals surface area (Å²) in [6.45, 7) is 0. The number of pyridine rings is 1. The van der Waals surface area contributed by atoms with Crippen LogP contribution in [0, 0.1) is 5.82 Å². The van der Waals surface area contributed by atoms with Crippen molar-refractivity contribution in [3.8, 4) is 0 Å². The Kier molecular flexibility index (Phi) is 3.76. The van der Waals surface area contributed by atoms with Crippen LogP contribution in [-0.4, -0.2) is 21.8 Å². The van der Waals surface area contributed by atoms with Crippen molar-refractivity contribution in [3.05, 3.63) is 29.8 Å². The van der Waals surface area contributed by atoms with Crippen LogP contribution in [0.25, 0.3) is 0 Å². The van der Waals surface area contributed by atoms with E-state index < -0.39 is 5.82 Å². The summed E-state index contributed by atoms with van der Waals surface area (Å²) in [6.07, 6.45) is 5.27. The number of carbonyl (C=O) groups is 1. The van der Waals surface area contributed by atoms with Gasteiger partial charge in [0.15, 0.2) is 0 Å². The van der Waals surface area contributed by atoms with E-state index in [1.807, 2.05) is 0 Å². The zero-order valence-corrected chi connectivity index (χ0v) is 11.0. The number of carbonyl (C=O) groups excluding carboxylic acids is 1. The summed E-state index contributed by atoms with van der Waals surface area (Å²) in [7, 11) is 0. The Balaban J connectivity index is 2.08. The summed E-state index contributed by atoms with van der Waals surface area (Å²) in [6, 6.07) is 2.65. The Morgan fingerprint density at radius 2 is 2.18 bits per heavy atom. The molecule has 1 aliphatic rings. The Labute approximate surface area is 108 Å². The van der Waals surface area contributed by atoms with Gasteiger partial charge >= 0.3 is 0 Å². The van der Waals surface area contributed by atoms with E-state index in [2.05, 4.69) is 26.2 Å². The molecule has 1 aromatic heterocycles. The predicted octanol–water partition coefficient (Wildman–Crippen LogP) is 2.66. The zero-order chi connectivity index (χ0) is 12.3. The third kappa shape index (κ3) is 2.83. The van der Waals surface area contributed by atoms with Gasteiger partial charge in [-0.3, -0.25) is 4.79 Å². The molecule has 0 radical (unpaired) electrons. The van der Waals surface area contributed by atoms with Crippen molar-refractivity contribution in [3.63, 3.8) is 0 Å². The summed E-state index contributed by atoms with van der Waals surface area (Å²) >= 11 is 3.45. The molecule has 17 heavy (non-hydrogen) atoms. The fraction of sp³-hybridized carbons (Fsp3) is 0.500. The molecule has 0 bridgehead atoms. The van der Waals surface area contributed by atoms with Gasteiger partial charge in [-0.25, -0.2) is 9.37 Å². The average molecular weight is 301 g/mol. The number of alkyl halides is 1. The molecule has 1 N–H and O–H groups in total. The van der Waals surface area contributed by atoms with Crippen molar-refractivity contribution in [1.29, 1.82) is 0 Å². The quantitative estimate of drug-likeness (QED) is 0.872. The van der Waals surface area contributed by atoms with Gasteiger partial charge in [-0.15, -0.1) is 0 Å². The molecule has 1 saturated carbocycles. The minimum absolute atomic E-state index is 0.160. The Bertz CT molecular complexity index is 401. The van der Waals surface area contributed by atoms with Gasteiger partial charge in [0.05, 0.1) is 11.7 Å². The van der Waals surface area contributed by atoms with Gasteiger partial charge in [-0.05, 0) is 25.0 Å². The molecule has 1 amide bonds. The molecule has 1 fully saturated rings. The van der Waals surface area contributed by atoms with Gasteiger partial charge < -0.3 is 5.32 Å². The van der Waals surface area contributed by atoms with Crippen molar-refractivity contribution >= 4 is 21.8 Å². The summed E-state index contributed by atoms with van der Waals surface area (Å²) in [5, 5.41) is 3.75. The van der Waals surface area contributed by atoms with Gasteiger partial charge in [-0.2, -0.15) is 0 Å². The Morgan fingerprint density at radius 3 is 2.71 bits per heavy atom. The molecule has 0 spiro atoms. The highest BCUT2D eigenvalue weighted by molar-refractivity contribution is 9.09. The van der Waals surface area contributed by atoms with Crippen LogP contribution in [0.2, 0.25) is 0 Å². The summed E-state index contributed by atoms with van der Waals surface area (Å²) in [5.74, 6) is -0.663. The topological polar surface area (TPSA) is 42.0 Å². The number of rotatable bonds is 3. The highest BCUT2D eigenvalue weighted by atomic mass is 79.9. The standard InChI is InChI=1S/C12H14BrFN2O/c13-8-12(5-1-2-6-12)16-11(17)10-4-3-9(14)7-15-10/h3-4,7H,1-2,5-6,8H2,(H,16,17). The molecular weight excluding hydrogens is 287 g/mol. The SMILES string of the molecule is O=C(NC1(CBr)CCCC1)c1ccc(F)cn1. The minimum Gasteiger partial charge on any atom is -0.344 e. The van der Waals surface area contributed by atoms with E-state index in [9.17, 15) is 9.18 Å². The molecular formula is C12H14BrFN2O. The average Bonchev–Trinajstić information content (AvgIpc) is 2.79. The van der Waals surface area contributed by atoms with E-state index in [0.29, 0.717) is 0 Å². The largest absolute Gasteiger partial charge is 0.344 e. The van der Waals surface area contributed by atoms with Crippen molar-refractivity contribution in [2.75, 3.05) is 5.33 Å². The van der Waals surface area contributed by atoms with E-state index in [-0.39, 0.29) is 17.1 Å². The van der Waals surface area contributed by atoms with E-state index in [4.69, 9.17) is 0 Å². The molecule has 3 nitrogen and oxygen atoms in total. The van der Waals surface area contributed by atoms with Gasteiger partial charge in [0.2, 0.25) is 0 Å². The van der Waals surface area contributed by atoms with E-state index >= 15 is 0 Å². The van der Waals surface area contributed by atoms with Crippen LogP contribution >= 0.6 is 15.9 Å². The van der Waals surface area contributed by atoms with E-state index in [1.165, 1.54) is 12.1 Å². The lowest BCUT2D eigenvalue weighted by Crippen LogP contribution is -2.48. The second-order valence-corrected chi connectivity index (χ2v) is 5.00. The maximum atomic E-state index is 12.7. The van der Waals surface area contributed by atoms with Gasteiger partial charge in [0, 0.05) is 5.33 Å². The summed E-state index contributed by atoms with van der Waals surface area (Å²) in [4.78, 5) is 15.7. The molecule has 5 heteroatoms. The molecule has 0 saturated heterocycles. The van der Waals surface area contributed by atoms with Crippen LogP contribution in [0.4, 0.5) is 4.39 Å². The first-order chi connectivity index (χ1) is 8.15. The van der Waals surface area contributed by atoms with Crippen LogP contribution < -0.4 is 5.32 Å². The zero-order valence-electron chi connectivity index (χ0n) is 9.38. The number of amides is 1. The number of halogens is 2. The maximum Gasteiger partial charge on any atom is 0.270 e. The predicted molar refractivity (Wildman–Crippen MR) is 66.7 cm³/mol. The fourth-order valence-electron chi connectivity index (χ4n) is 2.16. The molecule has 0 unspecified atom stereocenters. The van der Waals surface area contributed by atoms with Crippen molar-refractivity contribution in [2.45, 2.75) is 31.2 Å². The minimum atomic E-state index is -0.433. The van der Waals surface area contributed by atoms with Gasteiger partial charge in [-0.1, -0.05) is 28.8 Å². The normalized spacial score (nSPS) is 18.0. The highest BCUT2D eigenvalue weighted by Gasteiger charge is 2.34. The van der Waals surface area contributed by atoms with Gasteiger partial charge in [0.25, 0.3) is 5.91 Å². The third-order valence-electron chi connectivity index (χ3n) is 3.16. The number of hydrogen-bond acceptors (Lipinski definition) is 2. The van der Waals surface area contributed by atoms with Crippen LogP contribution in [0.3, 0.4) is 0 Å². The van der Waals surface area contributed by atoms with E-state index in [1.54, 1.807) is 0 Å². The van der Waals surface area contributed by atoms with Crippen molar-refractivity contribution in [1.82, 2.24) is 10.3 Å². The number of nitrogens with one attached hydrogen (secondary N) is 1. The molecule has 0 atom stereocenters. The number of nitrogens with zero attached hydrogens (tertiary/aromatic N) is 1. The molecule has 1 aromatic rings. The fourth-order valence-corrected chi connectivity index (χ4v) is 2.86. The molecule has 1 heterocycles. The van der Waals surface area contributed by atoms with Crippen LogP contribution in [0.5, 0.6) is 0 Å². The summed E-state index contributed by atoms with van der Waals surface area (Å²) < 4.78 is 12.7. The first-order valence-electron chi connectivity index (χ1n) is 5.65. The van der Waals surface area contributed by atoms with Gasteiger partial charge in [0.1, 0.15) is 11.5 Å². The molecule has 0 aromatic carbocycles. The number of aromatic nitrogens is 1. The first-order valence-corrected chi connectivity index (χ1v) is 6.77. The molecule has 1 aliphatic carbocycles. The molecule has 92 valence electrons. The van der Waals surface area contributed by atoms with Crippen LogP contribution in [0.15, 0.2) is 18.3 Å². The monoisotopic (exact) mass is 300 g/mol. The van der Waals surface area contributed by atoms with Crippen molar-refractivity contribution in [2.24, 2.45) is 0 Å².